The van der Waals surface area contributed by atoms with E-state index in [1.807, 2.05) is 24.3 Å². The fourth-order valence-corrected chi connectivity index (χ4v) is 3.14. The molecule has 4 nitrogen and oxygen atoms in total. The molecular formula is C16H21NO3S. The second kappa shape index (κ2) is 7.43. The number of hydrogen-bond acceptors (Lipinski definition) is 5. The predicted octanol–water partition coefficient (Wildman–Crippen LogP) is 3.39. The largest absolute Gasteiger partial charge is 0.493 e. The van der Waals surface area contributed by atoms with Crippen molar-refractivity contribution in [3.8, 4) is 11.5 Å². The molecule has 21 heavy (non-hydrogen) atoms. The number of nitrogens with zero attached hydrogens (tertiary/aromatic N) is 1. The summed E-state index contributed by atoms with van der Waals surface area (Å²) in [5.41, 5.74) is 0.995. The summed E-state index contributed by atoms with van der Waals surface area (Å²) in [5, 5.41) is 10.4. The molecule has 2 rings (SSSR count). The Morgan fingerprint density at radius 1 is 1.24 bits per heavy atom. The molecule has 114 valence electrons. The SMILES string of the molecule is COc1ccccc1OCCc1nc(C(C)C)c(CO)s1. The van der Waals surface area contributed by atoms with Crippen molar-refractivity contribution < 1.29 is 14.6 Å². The van der Waals surface area contributed by atoms with Gasteiger partial charge in [-0.2, -0.15) is 0 Å². The summed E-state index contributed by atoms with van der Waals surface area (Å²) in [6, 6.07) is 7.59. The Balaban J connectivity index is 1.97. The average molecular weight is 307 g/mol. The van der Waals surface area contributed by atoms with E-state index in [2.05, 4.69) is 18.8 Å². The van der Waals surface area contributed by atoms with Crippen LogP contribution in [0.3, 0.4) is 0 Å². The van der Waals surface area contributed by atoms with Crippen LogP contribution in [-0.4, -0.2) is 23.8 Å². The first-order chi connectivity index (χ1) is 10.2. The Morgan fingerprint density at radius 2 is 1.95 bits per heavy atom. The summed E-state index contributed by atoms with van der Waals surface area (Å²) >= 11 is 1.56. The fraction of sp³-hybridized carbons (Fsp3) is 0.438. The molecule has 0 aliphatic rings. The van der Waals surface area contributed by atoms with Crippen LogP contribution < -0.4 is 9.47 Å². The highest BCUT2D eigenvalue weighted by molar-refractivity contribution is 7.11. The van der Waals surface area contributed by atoms with Gasteiger partial charge in [-0.15, -0.1) is 11.3 Å². The Kier molecular flexibility index (Phi) is 5.59. The molecule has 0 spiro atoms. The molecule has 0 bridgehead atoms. The van der Waals surface area contributed by atoms with E-state index in [1.165, 1.54) is 0 Å². The quantitative estimate of drug-likeness (QED) is 0.852. The van der Waals surface area contributed by atoms with Crippen LogP contribution in [0.2, 0.25) is 0 Å². The number of para-hydroxylation sites is 2. The minimum atomic E-state index is 0.0541. The summed E-state index contributed by atoms with van der Waals surface area (Å²) in [4.78, 5) is 5.56. The second-order valence-electron chi connectivity index (χ2n) is 4.98. The number of methoxy groups -OCH3 is 1. The molecule has 0 radical (unpaired) electrons. The lowest BCUT2D eigenvalue weighted by Crippen LogP contribution is -2.02. The minimum absolute atomic E-state index is 0.0541. The molecule has 0 amide bonds. The van der Waals surface area contributed by atoms with Crippen LogP contribution >= 0.6 is 11.3 Å². The van der Waals surface area contributed by atoms with Crippen molar-refractivity contribution in [1.82, 2.24) is 4.98 Å². The first-order valence-corrected chi connectivity index (χ1v) is 7.82. The molecule has 1 aromatic carbocycles. The van der Waals surface area contributed by atoms with E-state index < -0.39 is 0 Å². The topological polar surface area (TPSA) is 51.6 Å². The fourth-order valence-electron chi connectivity index (χ4n) is 2.07. The molecule has 0 atom stereocenters. The van der Waals surface area contributed by atoms with Gasteiger partial charge in [-0.3, -0.25) is 0 Å². The Labute approximate surface area is 129 Å². The number of rotatable bonds is 7. The highest BCUT2D eigenvalue weighted by atomic mass is 32.1. The van der Waals surface area contributed by atoms with Crippen LogP contribution in [-0.2, 0) is 13.0 Å². The maximum atomic E-state index is 9.38. The second-order valence-corrected chi connectivity index (χ2v) is 6.15. The van der Waals surface area contributed by atoms with E-state index in [0.717, 1.165) is 33.5 Å². The molecule has 0 saturated carbocycles. The lowest BCUT2D eigenvalue weighted by Gasteiger charge is -2.09. The van der Waals surface area contributed by atoms with Crippen molar-refractivity contribution in [3.05, 3.63) is 39.8 Å². The zero-order chi connectivity index (χ0) is 15.2. The summed E-state index contributed by atoms with van der Waals surface area (Å²) in [5.74, 6) is 1.80. The molecule has 0 aliphatic heterocycles. The smallest absolute Gasteiger partial charge is 0.161 e. The van der Waals surface area contributed by atoms with Crippen LogP contribution in [0.25, 0.3) is 0 Å². The van der Waals surface area contributed by atoms with Gasteiger partial charge >= 0.3 is 0 Å². The summed E-state index contributed by atoms with van der Waals surface area (Å²) < 4.78 is 11.0. The molecular weight excluding hydrogens is 286 g/mol. The van der Waals surface area contributed by atoms with Gasteiger partial charge < -0.3 is 14.6 Å². The van der Waals surface area contributed by atoms with E-state index in [0.29, 0.717) is 12.5 Å². The van der Waals surface area contributed by atoms with Crippen molar-refractivity contribution in [2.24, 2.45) is 0 Å². The van der Waals surface area contributed by atoms with E-state index in [9.17, 15) is 5.11 Å². The van der Waals surface area contributed by atoms with Crippen molar-refractivity contribution in [1.29, 1.82) is 0 Å². The Morgan fingerprint density at radius 3 is 2.52 bits per heavy atom. The molecule has 2 aromatic rings. The number of aliphatic hydroxyl groups excluding tert-OH is 1. The zero-order valence-electron chi connectivity index (χ0n) is 12.6. The molecule has 0 fully saturated rings. The van der Waals surface area contributed by atoms with Crippen LogP contribution in [0, 0.1) is 0 Å². The van der Waals surface area contributed by atoms with Gasteiger partial charge in [0.25, 0.3) is 0 Å². The van der Waals surface area contributed by atoms with Crippen LogP contribution in [0.1, 0.15) is 35.3 Å². The zero-order valence-corrected chi connectivity index (χ0v) is 13.4. The van der Waals surface area contributed by atoms with Crippen LogP contribution in [0.4, 0.5) is 0 Å². The molecule has 1 aromatic heterocycles. The third kappa shape index (κ3) is 3.95. The molecule has 0 saturated heterocycles. The molecule has 0 aliphatic carbocycles. The first kappa shape index (κ1) is 15.8. The summed E-state index contributed by atoms with van der Waals surface area (Å²) in [6.07, 6.45) is 0.725. The number of aromatic nitrogens is 1. The van der Waals surface area contributed by atoms with Crippen molar-refractivity contribution in [3.63, 3.8) is 0 Å². The van der Waals surface area contributed by atoms with E-state index in [1.54, 1.807) is 18.4 Å². The van der Waals surface area contributed by atoms with Gasteiger partial charge in [0, 0.05) is 6.42 Å². The summed E-state index contributed by atoms with van der Waals surface area (Å²) in [6.45, 7) is 4.77. The van der Waals surface area contributed by atoms with Crippen molar-refractivity contribution >= 4 is 11.3 Å². The number of benzene rings is 1. The van der Waals surface area contributed by atoms with Gasteiger partial charge in [-0.05, 0) is 18.1 Å². The van der Waals surface area contributed by atoms with Gasteiger partial charge in [-0.1, -0.05) is 26.0 Å². The Hall–Kier alpha value is -1.59. The van der Waals surface area contributed by atoms with Gasteiger partial charge in [0.15, 0.2) is 11.5 Å². The third-order valence-corrected chi connectivity index (χ3v) is 4.22. The molecule has 0 unspecified atom stereocenters. The van der Waals surface area contributed by atoms with E-state index >= 15 is 0 Å². The maximum absolute atomic E-state index is 9.38. The van der Waals surface area contributed by atoms with Crippen LogP contribution in [0.5, 0.6) is 11.5 Å². The highest BCUT2D eigenvalue weighted by Gasteiger charge is 2.13. The first-order valence-electron chi connectivity index (χ1n) is 7.00. The number of hydrogen-bond donors (Lipinski definition) is 1. The predicted molar refractivity (Wildman–Crippen MR) is 84.3 cm³/mol. The normalized spacial score (nSPS) is 10.9. The van der Waals surface area contributed by atoms with Crippen molar-refractivity contribution in [2.45, 2.75) is 32.8 Å². The number of aliphatic hydroxyl groups is 1. The highest BCUT2D eigenvalue weighted by Crippen LogP contribution is 2.27. The molecule has 1 N–H and O–H groups in total. The average Bonchev–Trinajstić information content (AvgIpc) is 2.91. The van der Waals surface area contributed by atoms with Gasteiger partial charge in [0.2, 0.25) is 0 Å². The Bertz CT molecular complexity index is 581. The van der Waals surface area contributed by atoms with Crippen LogP contribution in [0.15, 0.2) is 24.3 Å². The number of ether oxygens (including phenoxy) is 2. The standard InChI is InChI=1S/C16H21NO3S/c1-11(2)16-14(10-18)21-15(17-16)8-9-20-13-7-5-4-6-12(13)19-3/h4-7,11,18H,8-10H2,1-3H3. The van der Waals surface area contributed by atoms with E-state index in [4.69, 9.17) is 9.47 Å². The lowest BCUT2D eigenvalue weighted by molar-refractivity contribution is 0.283. The third-order valence-electron chi connectivity index (χ3n) is 3.10. The van der Waals surface area contributed by atoms with Gasteiger partial charge in [-0.25, -0.2) is 4.98 Å². The van der Waals surface area contributed by atoms with Gasteiger partial charge in [0.1, 0.15) is 0 Å². The summed E-state index contributed by atoms with van der Waals surface area (Å²) in [7, 11) is 1.63. The van der Waals surface area contributed by atoms with Gasteiger partial charge in [0.05, 0.1) is 35.9 Å². The van der Waals surface area contributed by atoms with Crippen molar-refractivity contribution in [2.75, 3.05) is 13.7 Å². The maximum Gasteiger partial charge on any atom is 0.161 e. The minimum Gasteiger partial charge on any atom is -0.493 e. The van der Waals surface area contributed by atoms with E-state index in [-0.39, 0.29) is 6.61 Å². The molecule has 5 heteroatoms. The molecule has 1 heterocycles. The monoisotopic (exact) mass is 307 g/mol. The number of thiazole rings is 1. The lowest BCUT2D eigenvalue weighted by atomic mass is 10.1.